The summed E-state index contributed by atoms with van der Waals surface area (Å²) in [7, 11) is 3.56. The van der Waals surface area contributed by atoms with E-state index in [1.165, 1.54) is 0 Å². The van der Waals surface area contributed by atoms with Crippen LogP contribution in [-0.4, -0.2) is 36.9 Å². The van der Waals surface area contributed by atoms with Crippen molar-refractivity contribution in [3.8, 4) is 0 Å². The number of carbonyl (C=O) groups is 1. The quantitative estimate of drug-likeness (QED) is 0.589. The monoisotopic (exact) mass is 147 g/mol. The van der Waals surface area contributed by atoms with Crippen molar-refractivity contribution in [3.63, 3.8) is 0 Å². The fraction of sp³-hybridized carbons (Fsp3) is 0.833. The number of carbonyl (C=O) groups excluding carboxylic acids is 1. The number of amides is 1. The van der Waals surface area contributed by atoms with Gasteiger partial charge in [0.1, 0.15) is 0 Å². The second-order valence-electron chi connectivity index (χ2n) is 2.03. The normalized spacial score (nSPS) is 9.22. The van der Waals surface area contributed by atoms with Crippen LogP contribution in [0.15, 0.2) is 0 Å². The van der Waals surface area contributed by atoms with Crippen LogP contribution in [0, 0.1) is 0 Å². The highest BCUT2D eigenvalue weighted by molar-refractivity contribution is 7.98. The molecule has 1 amide bonds. The molecule has 0 unspecified atom stereocenters. The standard InChI is InChI=1S/C6H13NOS/c1-7(2)6(8)4-5-9-3/h4-5H2,1-3H3. The molecular weight excluding hydrogens is 134 g/mol. The van der Waals surface area contributed by atoms with Crippen LogP contribution in [0.3, 0.4) is 0 Å². The van der Waals surface area contributed by atoms with Crippen molar-refractivity contribution in [1.29, 1.82) is 0 Å². The molecule has 54 valence electrons. The lowest BCUT2D eigenvalue weighted by Gasteiger charge is -2.08. The third-order valence-electron chi connectivity index (χ3n) is 1.02. The van der Waals surface area contributed by atoms with E-state index in [-0.39, 0.29) is 5.91 Å². The third-order valence-corrected chi connectivity index (χ3v) is 1.63. The van der Waals surface area contributed by atoms with Gasteiger partial charge in [-0.1, -0.05) is 0 Å². The summed E-state index contributed by atoms with van der Waals surface area (Å²) in [6.07, 6.45) is 2.66. The van der Waals surface area contributed by atoms with Crippen LogP contribution in [0.4, 0.5) is 0 Å². The summed E-state index contributed by atoms with van der Waals surface area (Å²) in [5.41, 5.74) is 0. The number of rotatable bonds is 3. The molecule has 0 radical (unpaired) electrons. The van der Waals surface area contributed by atoms with E-state index in [1.54, 1.807) is 30.8 Å². The maximum atomic E-state index is 10.8. The lowest BCUT2D eigenvalue weighted by atomic mass is 10.4. The fourth-order valence-electron chi connectivity index (χ4n) is 0.413. The number of hydrogen-bond donors (Lipinski definition) is 0. The van der Waals surface area contributed by atoms with Crippen molar-refractivity contribution in [2.24, 2.45) is 0 Å². The van der Waals surface area contributed by atoms with E-state index in [1.807, 2.05) is 6.26 Å². The lowest BCUT2D eigenvalue weighted by Crippen LogP contribution is -2.21. The molecule has 0 bridgehead atoms. The Morgan fingerprint density at radius 3 is 2.44 bits per heavy atom. The summed E-state index contributed by atoms with van der Waals surface area (Å²) < 4.78 is 0. The molecule has 0 spiro atoms. The maximum Gasteiger partial charge on any atom is 0.222 e. The first-order valence-corrected chi connectivity index (χ1v) is 4.27. The Labute approximate surface area is 60.6 Å². The molecule has 0 rings (SSSR count). The van der Waals surface area contributed by atoms with Gasteiger partial charge in [-0.25, -0.2) is 0 Å². The molecule has 0 aliphatic heterocycles. The van der Waals surface area contributed by atoms with Gasteiger partial charge in [0.15, 0.2) is 0 Å². The zero-order valence-corrected chi connectivity index (χ0v) is 6.99. The van der Waals surface area contributed by atoms with Crippen molar-refractivity contribution >= 4 is 17.7 Å². The summed E-state index contributed by atoms with van der Waals surface area (Å²) >= 11 is 1.70. The van der Waals surface area contributed by atoms with E-state index < -0.39 is 0 Å². The second-order valence-corrected chi connectivity index (χ2v) is 3.02. The summed E-state index contributed by atoms with van der Waals surface area (Å²) in [5, 5.41) is 0. The molecule has 0 atom stereocenters. The summed E-state index contributed by atoms with van der Waals surface area (Å²) in [6, 6.07) is 0. The van der Waals surface area contributed by atoms with Crippen LogP contribution in [0.5, 0.6) is 0 Å². The van der Waals surface area contributed by atoms with Gasteiger partial charge in [-0.2, -0.15) is 11.8 Å². The zero-order valence-electron chi connectivity index (χ0n) is 6.18. The van der Waals surface area contributed by atoms with Crippen LogP contribution >= 0.6 is 11.8 Å². The van der Waals surface area contributed by atoms with Crippen LogP contribution in [0.2, 0.25) is 0 Å². The van der Waals surface area contributed by atoms with Crippen LogP contribution in [-0.2, 0) is 4.79 Å². The Kier molecular flexibility index (Phi) is 4.58. The van der Waals surface area contributed by atoms with Gasteiger partial charge in [-0.15, -0.1) is 0 Å². The predicted octanol–water partition coefficient (Wildman–Crippen LogP) is 0.828. The minimum absolute atomic E-state index is 0.212. The molecule has 9 heavy (non-hydrogen) atoms. The maximum absolute atomic E-state index is 10.8. The average molecular weight is 147 g/mol. The van der Waals surface area contributed by atoms with E-state index in [0.29, 0.717) is 6.42 Å². The Bertz CT molecular complexity index is 93.1. The highest BCUT2D eigenvalue weighted by atomic mass is 32.2. The minimum Gasteiger partial charge on any atom is -0.349 e. The molecule has 0 fully saturated rings. The predicted molar refractivity (Wildman–Crippen MR) is 41.7 cm³/mol. The Hall–Kier alpha value is -0.180. The van der Waals surface area contributed by atoms with Crippen LogP contribution in [0.1, 0.15) is 6.42 Å². The first kappa shape index (κ1) is 8.82. The molecule has 0 aromatic rings. The van der Waals surface area contributed by atoms with Crippen molar-refractivity contribution in [1.82, 2.24) is 4.90 Å². The smallest absolute Gasteiger partial charge is 0.222 e. The van der Waals surface area contributed by atoms with E-state index in [9.17, 15) is 4.79 Å². The molecule has 0 aliphatic carbocycles. The molecule has 0 saturated carbocycles. The van der Waals surface area contributed by atoms with E-state index in [4.69, 9.17) is 0 Å². The Balaban J connectivity index is 3.28. The SMILES string of the molecule is CSCCC(=O)N(C)C. The van der Waals surface area contributed by atoms with Gasteiger partial charge in [-0.05, 0) is 6.26 Å². The molecule has 0 heterocycles. The Morgan fingerprint density at radius 2 is 2.11 bits per heavy atom. The molecule has 0 aromatic heterocycles. The Morgan fingerprint density at radius 1 is 1.56 bits per heavy atom. The van der Waals surface area contributed by atoms with Gasteiger partial charge in [0, 0.05) is 26.3 Å². The number of nitrogens with zero attached hydrogens (tertiary/aromatic N) is 1. The molecule has 0 aromatic carbocycles. The number of thioether (sulfide) groups is 1. The highest BCUT2D eigenvalue weighted by Crippen LogP contribution is 1.96. The summed E-state index contributed by atoms with van der Waals surface area (Å²) in [4.78, 5) is 12.4. The van der Waals surface area contributed by atoms with Gasteiger partial charge in [0.05, 0.1) is 0 Å². The van der Waals surface area contributed by atoms with Crippen LogP contribution < -0.4 is 0 Å². The molecule has 0 aliphatic rings. The van der Waals surface area contributed by atoms with Crippen molar-refractivity contribution in [2.45, 2.75) is 6.42 Å². The summed E-state index contributed by atoms with van der Waals surface area (Å²) in [6.45, 7) is 0. The van der Waals surface area contributed by atoms with Crippen molar-refractivity contribution in [3.05, 3.63) is 0 Å². The lowest BCUT2D eigenvalue weighted by molar-refractivity contribution is -0.128. The van der Waals surface area contributed by atoms with Gasteiger partial charge < -0.3 is 4.90 Å². The molecule has 0 saturated heterocycles. The third kappa shape index (κ3) is 4.33. The molecule has 0 N–H and O–H groups in total. The largest absolute Gasteiger partial charge is 0.349 e. The second kappa shape index (κ2) is 4.68. The van der Waals surface area contributed by atoms with E-state index in [2.05, 4.69) is 0 Å². The van der Waals surface area contributed by atoms with Gasteiger partial charge in [-0.3, -0.25) is 4.79 Å². The minimum atomic E-state index is 0.212. The van der Waals surface area contributed by atoms with Gasteiger partial charge >= 0.3 is 0 Å². The average Bonchev–Trinajstić information content (AvgIpc) is 1.82. The highest BCUT2D eigenvalue weighted by Gasteiger charge is 2.00. The zero-order chi connectivity index (χ0) is 7.28. The topological polar surface area (TPSA) is 20.3 Å². The fourth-order valence-corrected chi connectivity index (χ4v) is 0.792. The first-order valence-electron chi connectivity index (χ1n) is 2.87. The van der Waals surface area contributed by atoms with Crippen molar-refractivity contribution < 1.29 is 4.79 Å². The summed E-state index contributed by atoms with van der Waals surface area (Å²) in [5.74, 6) is 1.14. The first-order chi connectivity index (χ1) is 4.18. The van der Waals surface area contributed by atoms with Crippen molar-refractivity contribution in [2.75, 3.05) is 26.1 Å². The van der Waals surface area contributed by atoms with E-state index in [0.717, 1.165) is 5.75 Å². The molecular formula is C6H13NOS. The molecule has 3 heteroatoms. The van der Waals surface area contributed by atoms with E-state index >= 15 is 0 Å². The number of hydrogen-bond acceptors (Lipinski definition) is 2. The molecule has 2 nitrogen and oxygen atoms in total. The van der Waals surface area contributed by atoms with Gasteiger partial charge in [0.2, 0.25) is 5.91 Å². The van der Waals surface area contributed by atoms with Crippen LogP contribution in [0.25, 0.3) is 0 Å². The van der Waals surface area contributed by atoms with Gasteiger partial charge in [0.25, 0.3) is 0 Å².